The topological polar surface area (TPSA) is 81.2 Å². The minimum absolute atomic E-state index is 0.115. The maximum absolute atomic E-state index is 10.3. The van der Waals surface area contributed by atoms with Crippen LogP contribution < -0.4 is 11.3 Å². The summed E-state index contributed by atoms with van der Waals surface area (Å²) in [5.74, 6) is 5.10. The lowest BCUT2D eigenvalue weighted by Crippen LogP contribution is -2.24. The third kappa shape index (κ3) is 2.81. The van der Waals surface area contributed by atoms with E-state index in [1.807, 2.05) is 0 Å². The summed E-state index contributed by atoms with van der Waals surface area (Å²) in [6.45, 7) is 0.664. The van der Waals surface area contributed by atoms with Crippen LogP contribution in [0.15, 0.2) is 24.3 Å². The van der Waals surface area contributed by atoms with E-state index >= 15 is 0 Å². The van der Waals surface area contributed by atoms with Gasteiger partial charge in [0.15, 0.2) is 0 Å². The first kappa shape index (κ1) is 9.63. The molecule has 1 aromatic rings. The molecule has 5 nitrogen and oxygen atoms in total. The highest BCUT2D eigenvalue weighted by Crippen LogP contribution is 2.11. The molecule has 0 spiro atoms. The van der Waals surface area contributed by atoms with E-state index in [1.165, 1.54) is 12.1 Å². The smallest absolute Gasteiger partial charge is 0.269 e. The zero-order valence-electron chi connectivity index (χ0n) is 7.06. The van der Waals surface area contributed by atoms with E-state index in [-0.39, 0.29) is 5.69 Å². The predicted octanol–water partition coefficient (Wildman–Crippen LogP) is 0.601. The standard InChI is InChI=1S/C8H11N3O2/c9-10-6-5-7-1-3-8(4-2-7)11(12)13/h1-4,10H,5-6,9H2. The average molecular weight is 181 g/mol. The van der Waals surface area contributed by atoms with Crippen LogP contribution in [0.1, 0.15) is 5.56 Å². The molecule has 0 amide bonds. The lowest BCUT2D eigenvalue weighted by Gasteiger charge is -1.99. The SMILES string of the molecule is NNCCc1ccc([N+](=O)[O-])cc1. The van der Waals surface area contributed by atoms with E-state index < -0.39 is 4.92 Å². The normalized spacial score (nSPS) is 9.92. The van der Waals surface area contributed by atoms with Crippen LogP contribution in [0.2, 0.25) is 0 Å². The van der Waals surface area contributed by atoms with Crippen LogP contribution in [0.4, 0.5) is 5.69 Å². The molecule has 0 saturated heterocycles. The second-order valence-electron chi connectivity index (χ2n) is 2.63. The number of nitrogens with two attached hydrogens (primary N) is 1. The van der Waals surface area contributed by atoms with Crippen molar-refractivity contribution in [3.05, 3.63) is 39.9 Å². The fraction of sp³-hybridized carbons (Fsp3) is 0.250. The Balaban J connectivity index is 2.64. The van der Waals surface area contributed by atoms with Gasteiger partial charge in [0.2, 0.25) is 0 Å². The van der Waals surface area contributed by atoms with Crippen LogP contribution >= 0.6 is 0 Å². The highest BCUT2D eigenvalue weighted by Gasteiger charge is 2.02. The van der Waals surface area contributed by atoms with Gasteiger partial charge in [-0.2, -0.15) is 0 Å². The fourth-order valence-corrected chi connectivity index (χ4v) is 1.00. The van der Waals surface area contributed by atoms with Gasteiger partial charge < -0.3 is 0 Å². The molecule has 0 bridgehead atoms. The summed E-state index contributed by atoms with van der Waals surface area (Å²) in [6, 6.07) is 6.45. The van der Waals surface area contributed by atoms with Gasteiger partial charge in [-0.05, 0) is 12.0 Å². The minimum atomic E-state index is -0.412. The Bertz CT molecular complexity index is 284. The molecule has 0 aliphatic rings. The zero-order chi connectivity index (χ0) is 9.68. The van der Waals surface area contributed by atoms with Crippen LogP contribution in [-0.2, 0) is 6.42 Å². The highest BCUT2D eigenvalue weighted by molar-refractivity contribution is 5.32. The number of benzene rings is 1. The first-order valence-electron chi connectivity index (χ1n) is 3.91. The number of hydrazine groups is 1. The van der Waals surface area contributed by atoms with Crippen molar-refractivity contribution in [3.8, 4) is 0 Å². The van der Waals surface area contributed by atoms with E-state index in [4.69, 9.17) is 5.84 Å². The average Bonchev–Trinajstić information content (AvgIpc) is 2.15. The molecular weight excluding hydrogens is 170 g/mol. The van der Waals surface area contributed by atoms with Crippen molar-refractivity contribution >= 4 is 5.69 Å². The van der Waals surface area contributed by atoms with Crippen molar-refractivity contribution in [2.24, 2.45) is 5.84 Å². The number of nitrogens with one attached hydrogen (secondary N) is 1. The quantitative estimate of drug-likeness (QED) is 0.405. The van der Waals surface area contributed by atoms with E-state index in [0.29, 0.717) is 6.54 Å². The third-order valence-corrected chi connectivity index (χ3v) is 1.71. The van der Waals surface area contributed by atoms with E-state index in [1.54, 1.807) is 12.1 Å². The number of hydrogen-bond donors (Lipinski definition) is 2. The maximum atomic E-state index is 10.3. The Morgan fingerprint density at radius 2 is 2.00 bits per heavy atom. The molecule has 0 aliphatic heterocycles. The molecule has 0 heterocycles. The monoisotopic (exact) mass is 181 g/mol. The molecule has 0 unspecified atom stereocenters. The van der Waals surface area contributed by atoms with Gasteiger partial charge in [-0.3, -0.25) is 21.4 Å². The molecule has 1 aromatic carbocycles. The van der Waals surface area contributed by atoms with Gasteiger partial charge in [-0.1, -0.05) is 12.1 Å². The zero-order valence-corrected chi connectivity index (χ0v) is 7.06. The van der Waals surface area contributed by atoms with Crippen LogP contribution in [0, 0.1) is 10.1 Å². The van der Waals surface area contributed by atoms with Gasteiger partial charge in [0.1, 0.15) is 0 Å². The Hall–Kier alpha value is -1.46. The number of rotatable bonds is 4. The molecule has 0 saturated carbocycles. The molecule has 70 valence electrons. The number of nitro groups is 1. The van der Waals surface area contributed by atoms with E-state index in [2.05, 4.69) is 5.43 Å². The van der Waals surface area contributed by atoms with Crippen LogP contribution in [0.5, 0.6) is 0 Å². The molecule has 13 heavy (non-hydrogen) atoms. The van der Waals surface area contributed by atoms with Crippen molar-refractivity contribution in [3.63, 3.8) is 0 Å². The van der Waals surface area contributed by atoms with Crippen LogP contribution in [0.3, 0.4) is 0 Å². The summed E-state index contributed by atoms with van der Waals surface area (Å²) in [4.78, 5) is 9.89. The third-order valence-electron chi connectivity index (χ3n) is 1.71. The lowest BCUT2D eigenvalue weighted by molar-refractivity contribution is -0.384. The van der Waals surface area contributed by atoms with Gasteiger partial charge >= 0.3 is 0 Å². The second-order valence-corrected chi connectivity index (χ2v) is 2.63. The Morgan fingerprint density at radius 3 is 2.46 bits per heavy atom. The number of nitro benzene ring substituents is 1. The van der Waals surface area contributed by atoms with E-state index in [0.717, 1.165) is 12.0 Å². The van der Waals surface area contributed by atoms with E-state index in [9.17, 15) is 10.1 Å². The molecule has 3 N–H and O–H groups in total. The highest BCUT2D eigenvalue weighted by atomic mass is 16.6. The molecule has 0 aliphatic carbocycles. The maximum Gasteiger partial charge on any atom is 0.269 e. The largest absolute Gasteiger partial charge is 0.271 e. The molecule has 5 heteroatoms. The summed E-state index contributed by atoms with van der Waals surface area (Å²) >= 11 is 0. The number of hydrogen-bond acceptors (Lipinski definition) is 4. The first-order valence-corrected chi connectivity index (χ1v) is 3.91. The summed E-state index contributed by atoms with van der Waals surface area (Å²) in [5.41, 5.74) is 3.67. The molecule has 1 rings (SSSR count). The molecular formula is C8H11N3O2. The van der Waals surface area contributed by atoms with Gasteiger partial charge in [0.25, 0.3) is 5.69 Å². The Labute approximate surface area is 75.7 Å². The van der Waals surface area contributed by atoms with Crippen LogP contribution in [0.25, 0.3) is 0 Å². The molecule has 0 aromatic heterocycles. The first-order chi connectivity index (χ1) is 6.24. The minimum Gasteiger partial charge on any atom is -0.271 e. The molecule has 0 radical (unpaired) electrons. The van der Waals surface area contributed by atoms with Gasteiger partial charge in [-0.25, -0.2) is 0 Å². The number of non-ortho nitro benzene ring substituents is 1. The van der Waals surface area contributed by atoms with Gasteiger partial charge in [-0.15, -0.1) is 0 Å². The van der Waals surface area contributed by atoms with Gasteiger partial charge in [0.05, 0.1) is 4.92 Å². The van der Waals surface area contributed by atoms with Crippen molar-refractivity contribution < 1.29 is 4.92 Å². The van der Waals surface area contributed by atoms with Gasteiger partial charge in [0, 0.05) is 18.7 Å². The molecule has 0 fully saturated rings. The summed E-state index contributed by atoms with van der Waals surface area (Å²) in [5, 5.41) is 10.3. The lowest BCUT2D eigenvalue weighted by atomic mass is 10.1. The van der Waals surface area contributed by atoms with Crippen molar-refractivity contribution in [2.75, 3.05) is 6.54 Å². The summed E-state index contributed by atoms with van der Waals surface area (Å²) < 4.78 is 0. The molecule has 0 atom stereocenters. The Morgan fingerprint density at radius 1 is 1.38 bits per heavy atom. The fourth-order valence-electron chi connectivity index (χ4n) is 1.00. The van der Waals surface area contributed by atoms with Crippen molar-refractivity contribution in [1.29, 1.82) is 0 Å². The summed E-state index contributed by atoms with van der Waals surface area (Å²) in [7, 11) is 0. The second kappa shape index (κ2) is 4.54. The van der Waals surface area contributed by atoms with Crippen LogP contribution in [-0.4, -0.2) is 11.5 Å². The number of nitrogens with zero attached hydrogens (tertiary/aromatic N) is 1. The predicted molar refractivity (Wildman–Crippen MR) is 49.0 cm³/mol. The van der Waals surface area contributed by atoms with Crippen molar-refractivity contribution in [1.82, 2.24) is 5.43 Å². The van der Waals surface area contributed by atoms with Crippen molar-refractivity contribution in [2.45, 2.75) is 6.42 Å². The summed E-state index contributed by atoms with van der Waals surface area (Å²) in [6.07, 6.45) is 0.772. The Kier molecular flexibility index (Phi) is 3.36.